The summed E-state index contributed by atoms with van der Waals surface area (Å²) in [5.41, 5.74) is 8.01. The van der Waals surface area contributed by atoms with Gasteiger partial charge in [0.1, 0.15) is 0 Å². The highest BCUT2D eigenvalue weighted by atomic mass is 28.4. The molecule has 1 saturated heterocycles. The van der Waals surface area contributed by atoms with Gasteiger partial charge in [-0.15, -0.1) is 6.58 Å². The average Bonchev–Trinajstić information content (AvgIpc) is 2.96. The first kappa shape index (κ1) is 29.3. The van der Waals surface area contributed by atoms with Crippen LogP contribution in [0.3, 0.4) is 0 Å². The standard InChI is InChI=1S/C28H50BNO3Si/c1-12-13-20-28(30,23-17-15-14-16-18-23)24(19-21-31-34(10,11)25(3,4)5)22(2)29-32-26(6,7)27(8,9)33-29/h14-18,24H,2,12-13,19-21,30H2,1,3-11H3/t24-,28-/m0/s1. The van der Waals surface area contributed by atoms with Gasteiger partial charge in [-0.05, 0) is 69.7 Å². The van der Waals surface area contributed by atoms with Gasteiger partial charge in [0.05, 0.1) is 11.2 Å². The molecule has 0 saturated carbocycles. The Bertz CT molecular complexity index is 803. The van der Waals surface area contributed by atoms with Gasteiger partial charge in [0.25, 0.3) is 0 Å². The Kier molecular flexibility index (Phi) is 9.14. The maximum atomic E-state index is 7.37. The topological polar surface area (TPSA) is 53.7 Å². The third kappa shape index (κ3) is 6.25. The van der Waals surface area contributed by atoms with Gasteiger partial charge in [0, 0.05) is 18.1 Å². The second-order valence-corrected chi connectivity index (χ2v) is 17.4. The molecule has 2 N–H and O–H groups in total. The molecule has 1 aliphatic heterocycles. The number of nitrogens with two attached hydrogens (primary N) is 1. The SMILES string of the molecule is C=C(B1OC(C)(C)C(C)(C)O1)[C@H](CCO[Si](C)(C)C(C)(C)C)[C@](N)(CCCC)c1ccccc1. The Morgan fingerprint density at radius 1 is 1.09 bits per heavy atom. The summed E-state index contributed by atoms with van der Waals surface area (Å²) in [7, 11) is -2.37. The molecule has 34 heavy (non-hydrogen) atoms. The minimum Gasteiger partial charge on any atom is -0.417 e. The maximum absolute atomic E-state index is 7.37. The summed E-state index contributed by atoms with van der Waals surface area (Å²) < 4.78 is 19.5. The Balaban J connectivity index is 2.42. The molecule has 192 valence electrons. The molecule has 1 aliphatic rings. The Hall–Kier alpha value is -0.918. The summed E-state index contributed by atoms with van der Waals surface area (Å²) in [6.07, 6.45) is 3.78. The smallest absolute Gasteiger partial charge is 0.417 e. The number of rotatable bonds is 11. The molecular weight excluding hydrogens is 437 g/mol. The van der Waals surface area contributed by atoms with Crippen molar-refractivity contribution in [1.82, 2.24) is 0 Å². The van der Waals surface area contributed by atoms with Crippen LogP contribution in [0, 0.1) is 5.92 Å². The van der Waals surface area contributed by atoms with Crippen LogP contribution in [0.2, 0.25) is 18.1 Å². The van der Waals surface area contributed by atoms with Crippen LogP contribution in [0.15, 0.2) is 42.4 Å². The van der Waals surface area contributed by atoms with Crippen molar-refractivity contribution in [1.29, 1.82) is 0 Å². The first-order valence-corrected chi connectivity index (χ1v) is 15.9. The Morgan fingerprint density at radius 2 is 1.62 bits per heavy atom. The van der Waals surface area contributed by atoms with E-state index in [0.29, 0.717) is 6.61 Å². The van der Waals surface area contributed by atoms with E-state index in [4.69, 9.17) is 19.5 Å². The summed E-state index contributed by atoms with van der Waals surface area (Å²) in [4.78, 5) is 0. The molecule has 0 spiro atoms. The van der Waals surface area contributed by atoms with Crippen LogP contribution >= 0.6 is 0 Å². The van der Waals surface area contributed by atoms with E-state index in [1.165, 1.54) is 0 Å². The normalized spacial score (nSPS) is 20.7. The van der Waals surface area contributed by atoms with Crippen molar-refractivity contribution in [2.45, 2.75) is 116 Å². The fourth-order valence-electron chi connectivity index (χ4n) is 4.32. The molecule has 2 atom stereocenters. The van der Waals surface area contributed by atoms with Crippen molar-refractivity contribution >= 4 is 15.4 Å². The minimum absolute atomic E-state index is 0.0408. The molecule has 0 radical (unpaired) electrons. The van der Waals surface area contributed by atoms with E-state index < -0.39 is 32.2 Å². The second-order valence-electron chi connectivity index (χ2n) is 12.6. The summed E-state index contributed by atoms with van der Waals surface area (Å²) in [6, 6.07) is 10.5. The molecular formula is C28H50BNO3Si. The van der Waals surface area contributed by atoms with Crippen molar-refractivity contribution in [3.63, 3.8) is 0 Å². The molecule has 1 aromatic rings. The first-order valence-electron chi connectivity index (χ1n) is 13.0. The molecule has 1 fully saturated rings. The van der Waals surface area contributed by atoms with Crippen molar-refractivity contribution in [2.24, 2.45) is 11.7 Å². The Morgan fingerprint density at radius 3 is 2.09 bits per heavy atom. The second kappa shape index (κ2) is 10.6. The molecule has 0 aromatic heterocycles. The fourth-order valence-corrected chi connectivity index (χ4v) is 5.38. The van der Waals surface area contributed by atoms with Crippen LogP contribution in [0.5, 0.6) is 0 Å². The van der Waals surface area contributed by atoms with Crippen LogP contribution in [0.4, 0.5) is 0 Å². The quantitative estimate of drug-likeness (QED) is 0.334. The predicted molar refractivity (Wildman–Crippen MR) is 148 cm³/mol. The molecule has 1 aromatic carbocycles. The van der Waals surface area contributed by atoms with E-state index >= 15 is 0 Å². The number of hydrogen-bond donors (Lipinski definition) is 1. The monoisotopic (exact) mass is 487 g/mol. The zero-order valence-corrected chi connectivity index (χ0v) is 24.6. The van der Waals surface area contributed by atoms with Crippen LogP contribution in [0.25, 0.3) is 0 Å². The molecule has 2 rings (SSSR count). The fraction of sp³-hybridized carbons (Fsp3) is 0.714. The van der Waals surface area contributed by atoms with Crippen molar-refractivity contribution in [2.75, 3.05) is 6.61 Å². The van der Waals surface area contributed by atoms with Gasteiger partial charge in [0.2, 0.25) is 0 Å². The molecule has 0 bridgehead atoms. The molecule has 6 heteroatoms. The summed E-state index contributed by atoms with van der Waals surface area (Å²) in [5.74, 6) is -0.0408. The van der Waals surface area contributed by atoms with Gasteiger partial charge in [-0.3, -0.25) is 0 Å². The van der Waals surface area contributed by atoms with Crippen molar-refractivity contribution < 1.29 is 13.7 Å². The molecule has 0 aliphatic carbocycles. The van der Waals surface area contributed by atoms with Gasteiger partial charge >= 0.3 is 7.12 Å². The van der Waals surface area contributed by atoms with Gasteiger partial charge in [-0.1, -0.05) is 70.9 Å². The van der Waals surface area contributed by atoms with Crippen molar-refractivity contribution in [3.05, 3.63) is 47.9 Å². The van der Waals surface area contributed by atoms with Crippen LogP contribution < -0.4 is 5.73 Å². The molecule has 0 amide bonds. The van der Waals surface area contributed by atoms with Gasteiger partial charge in [-0.2, -0.15) is 0 Å². The maximum Gasteiger partial charge on any atom is 0.490 e. The lowest BCUT2D eigenvalue weighted by Crippen LogP contribution is -2.49. The lowest BCUT2D eigenvalue weighted by Gasteiger charge is -2.42. The highest BCUT2D eigenvalue weighted by Crippen LogP contribution is 2.45. The minimum atomic E-state index is -1.88. The predicted octanol–water partition coefficient (Wildman–Crippen LogP) is 7.25. The molecule has 4 nitrogen and oxygen atoms in total. The summed E-state index contributed by atoms with van der Waals surface area (Å²) in [5, 5.41) is 0.159. The van der Waals surface area contributed by atoms with E-state index in [1.807, 2.05) is 6.07 Å². The highest BCUT2D eigenvalue weighted by molar-refractivity contribution is 6.74. The number of unbranched alkanes of at least 4 members (excludes halogenated alkanes) is 1. The summed E-state index contributed by atoms with van der Waals surface area (Å²) >= 11 is 0. The largest absolute Gasteiger partial charge is 0.490 e. The third-order valence-corrected chi connectivity index (χ3v) is 13.1. The summed E-state index contributed by atoms with van der Waals surface area (Å²) in [6.45, 7) is 27.2. The average molecular weight is 488 g/mol. The Labute approximate surface area is 211 Å². The lowest BCUT2D eigenvalue weighted by molar-refractivity contribution is 0.00578. The van der Waals surface area contributed by atoms with Crippen molar-refractivity contribution in [3.8, 4) is 0 Å². The third-order valence-electron chi connectivity index (χ3n) is 8.56. The molecule has 0 unspecified atom stereocenters. The van der Waals surface area contributed by atoms with E-state index in [0.717, 1.165) is 36.7 Å². The van der Waals surface area contributed by atoms with E-state index in [2.05, 4.69) is 99.3 Å². The van der Waals surface area contributed by atoms with Gasteiger partial charge < -0.3 is 19.5 Å². The van der Waals surface area contributed by atoms with Gasteiger partial charge in [-0.25, -0.2) is 0 Å². The molecule has 1 heterocycles. The zero-order chi connectivity index (χ0) is 26.0. The van der Waals surface area contributed by atoms with Crippen LogP contribution in [-0.2, 0) is 19.3 Å². The van der Waals surface area contributed by atoms with Gasteiger partial charge in [0.15, 0.2) is 8.32 Å². The highest BCUT2D eigenvalue weighted by Gasteiger charge is 2.54. The van der Waals surface area contributed by atoms with E-state index in [1.54, 1.807) is 0 Å². The number of benzene rings is 1. The van der Waals surface area contributed by atoms with Crippen LogP contribution in [-0.4, -0.2) is 33.2 Å². The van der Waals surface area contributed by atoms with E-state index in [9.17, 15) is 0 Å². The number of hydrogen-bond acceptors (Lipinski definition) is 4. The first-order chi connectivity index (χ1) is 15.5. The van der Waals surface area contributed by atoms with E-state index in [-0.39, 0.29) is 11.0 Å². The van der Waals surface area contributed by atoms with Crippen LogP contribution in [0.1, 0.15) is 86.6 Å². The zero-order valence-electron chi connectivity index (χ0n) is 23.6. The lowest BCUT2D eigenvalue weighted by atomic mass is 9.61.